The molecule has 0 saturated heterocycles. The fourth-order valence-electron chi connectivity index (χ4n) is 4.35. The molecule has 6 heteroatoms. The third-order valence-corrected chi connectivity index (χ3v) is 7.28. The second-order valence-corrected chi connectivity index (χ2v) is 9.85. The third kappa shape index (κ3) is 5.69. The van der Waals surface area contributed by atoms with Crippen LogP contribution in [0, 0.1) is 11.6 Å². The lowest BCUT2D eigenvalue weighted by Crippen LogP contribution is -2.03. The van der Waals surface area contributed by atoms with Crippen molar-refractivity contribution in [2.24, 2.45) is 0 Å². The molecular formula is C29H23ClF2N2S. The Morgan fingerprint density at radius 2 is 1.54 bits per heavy atom. The smallest absolute Gasteiger partial charge is 0.123 e. The Bertz CT molecular complexity index is 1390. The molecule has 0 saturated carbocycles. The van der Waals surface area contributed by atoms with E-state index in [1.807, 2.05) is 54.7 Å². The number of rotatable bonds is 8. The van der Waals surface area contributed by atoms with E-state index in [9.17, 15) is 8.78 Å². The number of nitrogens with zero attached hydrogens (tertiary/aromatic N) is 1. The number of pyridine rings is 1. The Hall–Kier alpha value is -3.28. The first-order valence-corrected chi connectivity index (χ1v) is 12.7. The van der Waals surface area contributed by atoms with Crippen LogP contribution in [0.5, 0.6) is 0 Å². The van der Waals surface area contributed by atoms with Gasteiger partial charge in [-0.1, -0.05) is 35.9 Å². The molecule has 0 aliphatic heterocycles. The van der Waals surface area contributed by atoms with Crippen LogP contribution in [-0.2, 0) is 6.42 Å². The molecule has 2 heterocycles. The van der Waals surface area contributed by atoms with Gasteiger partial charge in [-0.15, -0.1) is 11.3 Å². The predicted molar refractivity (Wildman–Crippen MR) is 142 cm³/mol. The minimum atomic E-state index is -0.262. The Morgan fingerprint density at radius 1 is 0.857 bits per heavy atom. The summed E-state index contributed by atoms with van der Waals surface area (Å²) in [7, 11) is 0. The van der Waals surface area contributed by atoms with Crippen molar-refractivity contribution in [3.8, 4) is 0 Å². The number of halogens is 3. The zero-order valence-corrected chi connectivity index (χ0v) is 20.4. The molecule has 0 fully saturated rings. The van der Waals surface area contributed by atoms with Gasteiger partial charge in [-0.25, -0.2) is 8.78 Å². The van der Waals surface area contributed by atoms with Gasteiger partial charge in [0.1, 0.15) is 11.6 Å². The fourth-order valence-corrected chi connectivity index (χ4v) is 5.52. The van der Waals surface area contributed by atoms with Crippen LogP contribution in [-0.4, -0.2) is 4.98 Å². The molecular weight excluding hydrogens is 482 g/mol. The zero-order valence-electron chi connectivity index (χ0n) is 18.8. The van der Waals surface area contributed by atoms with Crippen molar-refractivity contribution in [2.45, 2.75) is 25.2 Å². The molecule has 1 N–H and O–H groups in total. The number of aromatic nitrogens is 1. The molecule has 3 aromatic carbocycles. The van der Waals surface area contributed by atoms with Crippen molar-refractivity contribution >= 4 is 44.4 Å². The number of aryl methyl sites for hydroxylation is 1. The monoisotopic (exact) mass is 504 g/mol. The van der Waals surface area contributed by atoms with Crippen molar-refractivity contribution in [2.75, 3.05) is 5.32 Å². The molecule has 5 aromatic rings. The molecule has 2 aromatic heterocycles. The van der Waals surface area contributed by atoms with Gasteiger partial charge in [0, 0.05) is 44.0 Å². The van der Waals surface area contributed by atoms with Crippen LogP contribution in [0.1, 0.15) is 35.6 Å². The second-order valence-electron chi connectivity index (χ2n) is 8.50. The first-order valence-electron chi connectivity index (χ1n) is 11.4. The van der Waals surface area contributed by atoms with Gasteiger partial charge in [-0.05, 0) is 85.0 Å². The molecule has 2 nitrogen and oxygen atoms in total. The van der Waals surface area contributed by atoms with Crippen LogP contribution in [0.15, 0.2) is 90.4 Å². The molecule has 0 aliphatic carbocycles. The van der Waals surface area contributed by atoms with Crippen LogP contribution in [0.4, 0.5) is 20.2 Å². The number of anilines is 2. The van der Waals surface area contributed by atoms with Gasteiger partial charge >= 0.3 is 0 Å². The average Bonchev–Trinajstić information content (AvgIpc) is 3.25. The average molecular weight is 505 g/mol. The largest absolute Gasteiger partial charge is 0.354 e. The van der Waals surface area contributed by atoms with Crippen molar-refractivity contribution in [3.63, 3.8) is 0 Å². The first-order chi connectivity index (χ1) is 17.0. The molecule has 0 unspecified atom stereocenters. The maximum atomic E-state index is 13.5. The summed E-state index contributed by atoms with van der Waals surface area (Å²) in [6, 6.07) is 23.1. The van der Waals surface area contributed by atoms with Gasteiger partial charge in [0.05, 0.1) is 5.69 Å². The van der Waals surface area contributed by atoms with Crippen LogP contribution >= 0.6 is 22.9 Å². The number of thiophene rings is 1. The highest BCUT2D eigenvalue weighted by atomic mass is 35.5. The van der Waals surface area contributed by atoms with Gasteiger partial charge in [0.2, 0.25) is 0 Å². The van der Waals surface area contributed by atoms with Crippen LogP contribution < -0.4 is 5.32 Å². The molecule has 176 valence electrons. The third-order valence-electron chi connectivity index (χ3n) is 6.10. The Morgan fingerprint density at radius 3 is 2.23 bits per heavy atom. The molecule has 0 aliphatic rings. The molecule has 0 atom stereocenters. The first kappa shape index (κ1) is 23.5. The van der Waals surface area contributed by atoms with Gasteiger partial charge in [0.25, 0.3) is 0 Å². The SMILES string of the molecule is Fc1ccc(C(CCCc2cc(Nc3csc4cc(Cl)ccc34)ccn2)c2ccc(F)cc2)cc1. The lowest BCUT2D eigenvalue weighted by molar-refractivity contribution is 0.617. The maximum Gasteiger partial charge on any atom is 0.123 e. The van der Waals surface area contributed by atoms with E-state index in [1.54, 1.807) is 11.3 Å². The van der Waals surface area contributed by atoms with Gasteiger partial charge in [-0.2, -0.15) is 0 Å². The minimum Gasteiger partial charge on any atom is -0.354 e. The summed E-state index contributed by atoms with van der Waals surface area (Å²) in [5.41, 5.74) is 5.07. The minimum absolute atomic E-state index is 0.0569. The van der Waals surface area contributed by atoms with Crippen LogP contribution in [0.25, 0.3) is 10.1 Å². The zero-order chi connectivity index (χ0) is 24.2. The summed E-state index contributed by atoms with van der Waals surface area (Å²) >= 11 is 7.77. The lowest BCUT2D eigenvalue weighted by atomic mass is 9.87. The fraction of sp³-hybridized carbons (Fsp3) is 0.138. The normalized spacial score (nSPS) is 11.3. The van der Waals surface area contributed by atoms with Gasteiger partial charge in [-0.3, -0.25) is 4.98 Å². The van der Waals surface area contributed by atoms with Crippen molar-refractivity contribution < 1.29 is 8.78 Å². The molecule has 0 radical (unpaired) electrons. The highest BCUT2D eigenvalue weighted by Gasteiger charge is 2.15. The van der Waals surface area contributed by atoms with E-state index in [1.165, 1.54) is 24.3 Å². The van der Waals surface area contributed by atoms with Crippen molar-refractivity contribution in [3.05, 3.63) is 124 Å². The summed E-state index contributed by atoms with van der Waals surface area (Å²) in [5, 5.41) is 7.47. The van der Waals surface area contributed by atoms with E-state index in [2.05, 4.69) is 21.7 Å². The highest BCUT2D eigenvalue weighted by Crippen LogP contribution is 2.34. The van der Waals surface area contributed by atoms with E-state index in [0.29, 0.717) is 0 Å². The summed E-state index contributed by atoms with van der Waals surface area (Å²) in [6.45, 7) is 0. The molecule has 35 heavy (non-hydrogen) atoms. The van der Waals surface area contributed by atoms with Crippen molar-refractivity contribution in [1.82, 2.24) is 4.98 Å². The maximum absolute atomic E-state index is 13.5. The molecule has 0 bridgehead atoms. The second kappa shape index (κ2) is 10.5. The highest BCUT2D eigenvalue weighted by molar-refractivity contribution is 7.17. The Balaban J connectivity index is 1.28. The number of fused-ring (bicyclic) bond motifs is 1. The van der Waals surface area contributed by atoms with E-state index in [0.717, 1.165) is 62.6 Å². The van der Waals surface area contributed by atoms with Gasteiger partial charge < -0.3 is 5.32 Å². The van der Waals surface area contributed by atoms with E-state index >= 15 is 0 Å². The number of hydrogen-bond donors (Lipinski definition) is 1. The predicted octanol–water partition coefficient (Wildman–Crippen LogP) is 9.13. The lowest BCUT2D eigenvalue weighted by Gasteiger charge is -2.18. The summed E-state index contributed by atoms with van der Waals surface area (Å²) in [5.74, 6) is -0.468. The Labute approximate surface area is 212 Å². The van der Waals surface area contributed by atoms with E-state index < -0.39 is 0 Å². The standard InChI is InChI=1S/C29H23ClF2N2S/c30-21-8-13-27-28(18-35-29(27)16-21)34-25-14-15-33-24(17-25)2-1-3-26(19-4-9-22(31)10-5-19)20-6-11-23(32)12-7-20/h4-18,26H,1-3H2,(H,33,34). The molecule has 0 amide bonds. The van der Waals surface area contributed by atoms with E-state index in [4.69, 9.17) is 11.6 Å². The Kier molecular flexibility index (Phi) is 7.07. The van der Waals surface area contributed by atoms with Crippen molar-refractivity contribution in [1.29, 1.82) is 0 Å². The quantitative estimate of drug-likeness (QED) is 0.228. The number of nitrogens with one attached hydrogen (secondary N) is 1. The number of hydrogen-bond acceptors (Lipinski definition) is 3. The summed E-state index contributed by atoms with van der Waals surface area (Å²) < 4.78 is 28.1. The summed E-state index contributed by atoms with van der Waals surface area (Å²) in [6.07, 6.45) is 4.34. The topological polar surface area (TPSA) is 24.9 Å². The summed E-state index contributed by atoms with van der Waals surface area (Å²) in [4.78, 5) is 4.55. The van der Waals surface area contributed by atoms with E-state index in [-0.39, 0.29) is 17.6 Å². The van der Waals surface area contributed by atoms with Crippen LogP contribution in [0.2, 0.25) is 5.02 Å². The molecule has 0 spiro atoms. The number of benzene rings is 3. The van der Waals surface area contributed by atoms with Crippen LogP contribution in [0.3, 0.4) is 0 Å². The molecule has 5 rings (SSSR count). The van der Waals surface area contributed by atoms with Gasteiger partial charge in [0.15, 0.2) is 0 Å².